The molecule has 0 amide bonds. The van der Waals surface area contributed by atoms with Gasteiger partial charge in [-0.2, -0.15) is 0 Å². The number of nitrogens with one attached hydrogen (secondary N) is 1. The average molecular weight is 253 g/mol. The van der Waals surface area contributed by atoms with Crippen LogP contribution in [0.3, 0.4) is 0 Å². The summed E-state index contributed by atoms with van der Waals surface area (Å²) >= 11 is 0. The molecule has 4 heteroatoms. The zero-order valence-corrected chi connectivity index (χ0v) is 11.7. The van der Waals surface area contributed by atoms with Crippen LogP contribution in [-0.2, 0) is 6.54 Å². The van der Waals surface area contributed by atoms with Crippen molar-refractivity contribution in [2.24, 2.45) is 0 Å². The molecular formula is C14H23NO3. The molecule has 0 aliphatic carbocycles. The van der Waals surface area contributed by atoms with Crippen molar-refractivity contribution in [3.63, 3.8) is 0 Å². The molecule has 102 valence electrons. The van der Waals surface area contributed by atoms with Gasteiger partial charge in [0, 0.05) is 18.7 Å². The molecule has 0 fully saturated rings. The maximum atomic E-state index is 5.49. The molecule has 0 aliphatic heterocycles. The van der Waals surface area contributed by atoms with Crippen molar-refractivity contribution in [3.8, 4) is 17.2 Å². The zero-order valence-electron chi connectivity index (χ0n) is 11.7. The molecule has 0 unspecified atom stereocenters. The van der Waals surface area contributed by atoms with E-state index in [2.05, 4.69) is 12.2 Å². The standard InChI is InChI=1S/C14H23NO3/c1-5-7-15-10-12-13(16-3)8-11(18-6-2)9-14(12)17-4/h8-9,15H,5-7,10H2,1-4H3. The Morgan fingerprint density at radius 2 is 1.67 bits per heavy atom. The summed E-state index contributed by atoms with van der Waals surface area (Å²) in [7, 11) is 3.32. The lowest BCUT2D eigenvalue weighted by atomic mass is 10.1. The number of methoxy groups -OCH3 is 2. The van der Waals surface area contributed by atoms with Crippen LogP contribution in [0, 0.1) is 0 Å². The minimum absolute atomic E-state index is 0.625. The predicted octanol–water partition coefficient (Wildman–Crippen LogP) is 2.60. The monoisotopic (exact) mass is 253 g/mol. The highest BCUT2D eigenvalue weighted by Crippen LogP contribution is 2.33. The van der Waals surface area contributed by atoms with Crippen molar-refractivity contribution in [2.75, 3.05) is 27.4 Å². The van der Waals surface area contributed by atoms with E-state index in [4.69, 9.17) is 14.2 Å². The van der Waals surface area contributed by atoms with Gasteiger partial charge < -0.3 is 19.5 Å². The second kappa shape index (κ2) is 7.82. The van der Waals surface area contributed by atoms with Crippen LogP contribution in [-0.4, -0.2) is 27.4 Å². The third kappa shape index (κ3) is 3.81. The Labute approximate surface area is 109 Å². The first-order chi connectivity index (χ1) is 8.76. The second-order valence-corrected chi connectivity index (χ2v) is 3.92. The Morgan fingerprint density at radius 1 is 1.06 bits per heavy atom. The van der Waals surface area contributed by atoms with Gasteiger partial charge in [0.2, 0.25) is 0 Å². The van der Waals surface area contributed by atoms with Crippen molar-refractivity contribution < 1.29 is 14.2 Å². The number of hydrogen-bond donors (Lipinski definition) is 1. The van der Waals surface area contributed by atoms with E-state index < -0.39 is 0 Å². The highest BCUT2D eigenvalue weighted by molar-refractivity contribution is 5.50. The molecule has 0 heterocycles. The van der Waals surface area contributed by atoms with Crippen LogP contribution < -0.4 is 19.5 Å². The third-order valence-corrected chi connectivity index (χ3v) is 2.62. The SMILES string of the molecule is CCCNCc1c(OC)cc(OCC)cc1OC. The van der Waals surface area contributed by atoms with Gasteiger partial charge in [0.25, 0.3) is 0 Å². The summed E-state index contributed by atoms with van der Waals surface area (Å²) in [5, 5.41) is 3.35. The van der Waals surface area contributed by atoms with E-state index in [-0.39, 0.29) is 0 Å². The van der Waals surface area contributed by atoms with Crippen LogP contribution in [0.4, 0.5) is 0 Å². The summed E-state index contributed by atoms with van der Waals surface area (Å²) in [6.45, 7) is 6.42. The van der Waals surface area contributed by atoms with Crippen LogP contribution >= 0.6 is 0 Å². The Morgan fingerprint density at radius 3 is 2.11 bits per heavy atom. The smallest absolute Gasteiger partial charge is 0.130 e. The van der Waals surface area contributed by atoms with Crippen LogP contribution in [0.25, 0.3) is 0 Å². The number of rotatable bonds is 8. The highest BCUT2D eigenvalue weighted by atomic mass is 16.5. The molecule has 0 radical (unpaired) electrons. The van der Waals surface area contributed by atoms with Gasteiger partial charge in [-0.1, -0.05) is 6.92 Å². The minimum Gasteiger partial charge on any atom is -0.496 e. The van der Waals surface area contributed by atoms with Gasteiger partial charge >= 0.3 is 0 Å². The van der Waals surface area contributed by atoms with Gasteiger partial charge in [-0.3, -0.25) is 0 Å². The van der Waals surface area contributed by atoms with Crippen LogP contribution in [0.2, 0.25) is 0 Å². The molecule has 0 spiro atoms. The minimum atomic E-state index is 0.625. The van der Waals surface area contributed by atoms with Crippen molar-refractivity contribution in [1.82, 2.24) is 5.32 Å². The molecule has 4 nitrogen and oxygen atoms in total. The molecule has 1 N–H and O–H groups in total. The maximum absolute atomic E-state index is 5.49. The lowest BCUT2D eigenvalue weighted by Crippen LogP contribution is -2.15. The highest BCUT2D eigenvalue weighted by Gasteiger charge is 2.12. The molecule has 1 rings (SSSR count). The Kier molecular flexibility index (Phi) is 6.36. The van der Waals surface area contributed by atoms with Crippen molar-refractivity contribution in [2.45, 2.75) is 26.8 Å². The van der Waals surface area contributed by atoms with Crippen LogP contribution in [0.15, 0.2) is 12.1 Å². The predicted molar refractivity (Wildman–Crippen MR) is 72.7 cm³/mol. The first-order valence-corrected chi connectivity index (χ1v) is 6.35. The van der Waals surface area contributed by atoms with E-state index in [1.807, 2.05) is 19.1 Å². The summed E-state index contributed by atoms with van der Waals surface area (Å²) in [6, 6.07) is 3.80. The lowest BCUT2D eigenvalue weighted by molar-refractivity contribution is 0.328. The topological polar surface area (TPSA) is 39.7 Å². The van der Waals surface area contributed by atoms with Crippen molar-refractivity contribution in [3.05, 3.63) is 17.7 Å². The Bertz CT molecular complexity index is 341. The largest absolute Gasteiger partial charge is 0.496 e. The third-order valence-electron chi connectivity index (χ3n) is 2.62. The van der Waals surface area contributed by atoms with E-state index in [9.17, 15) is 0 Å². The Balaban J connectivity index is 2.97. The summed E-state index contributed by atoms with van der Waals surface area (Å²) in [6.07, 6.45) is 1.10. The molecule has 18 heavy (non-hydrogen) atoms. The van der Waals surface area contributed by atoms with Gasteiger partial charge in [0.15, 0.2) is 0 Å². The number of ether oxygens (including phenoxy) is 3. The molecular weight excluding hydrogens is 230 g/mol. The fourth-order valence-electron chi connectivity index (χ4n) is 1.77. The van der Waals surface area contributed by atoms with Crippen LogP contribution in [0.5, 0.6) is 17.2 Å². The van der Waals surface area contributed by atoms with E-state index in [1.54, 1.807) is 14.2 Å². The summed E-state index contributed by atoms with van der Waals surface area (Å²) in [5.41, 5.74) is 1.02. The molecule has 0 aromatic heterocycles. The molecule has 0 saturated carbocycles. The van der Waals surface area contributed by atoms with Crippen LogP contribution in [0.1, 0.15) is 25.8 Å². The first-order valence-electron chi connectivity index (χ1n) is 6.35. The zero-order chi connectivity index (χ0) is 13.4. The van der Waals surface area contributed by atoms with E-state index in [0.29, 0.717) is 6.61 Å². The quantitative estimate of drug-likeness (QED) is 0.723. The molecule has 0 saturated heterocycles. The van der Waals surface area contributed by atoms with Gasteiger partial charge in [-0.05, 0) is 19.9 Å². The molecule has 1 aromatic carbocycles. The molecule has 0 aliphatic rings. The summed E-state index contributed by atoms with van der Waals surface area (Å²) in [4.78, 5) is 0. The van der Waals surface area contributed by atoms with E-state index in [1.165, 1.54) is 0 Å². The fourth-order valence-corrected chi connectivity index (χ4v) is 1.77. The number of benzene rings is 1. The molecule has 0 atom stereocenters. The molecule has 0 bridgehead atoms. The Hall–Kier alpha value is -1.42. The van der Waals surface area contributed by atoms with Gasteiger partial charge in [-0.15, -0.1) is 0 Å². The van der Waals surface area contributed by atoms with Crippen molar-refractivity contribution in [1.29, 1.82) is 0 Å². The second-order valence-electron chi connectivity index (χ2n) is 3.92. The molecule has 1 aromatic rings. The average Bonchev–Trinajstić information content (AvgIpc) is 2.40. The lowest BCUT2D eigenvalue weighted by Gasteiger charge is -2.16. The summed E-state index contributed by atoms with van der Waals surface area (Å²) < 4.78 is 16.3. The van der Waals surface area contributed by atoms with E-state index in [0.717, 1.165) is 42.3 Å². The van der Waals surface area contributed by atoms with Gasteiger partial charge in [-0.25, -0.2) is 0 Å². The van der Waals surface area contributed by atoms with Gasteiger partial charge in [0.05, 0.1) is 26.4 Å². The fraction of sp³-hybridized carbons (Fsp3) is 0.571. The maximum Gasteiger partial charge on any atom is 0.130 e. The van der Waals surface area contributed by atoms with Crippen molar-refractivity contribution >= 4 is 0 Å². The number of hydrogen-bond acceptors (Lipinski definition) is 4. The van der Waals surface area contributed by atoms with E-state index >= 15 is 0 Å². The summed E-state index contributed by atoms with van der Waals surface area (Å²) in [5.74, 6) is 2.35. The normalized spacial score (nSPS) is 10.2. The first kappa shape index (κ1) is 14.6. The van der Waals surface area contributed by atoms with Gasteiger partial charge in [0.1, 0.15) is 17.2 Å².